The first-order chi connectivity index (χ1) is 10.8. The molecule has 0 heterocycles. The van der Waals surface area contributed by atoms with Crippen molar-refractivity contribution in [2.24, 2.45) is 10.8 Å². The number of hydrogen-bond acceptors (Lipinski definition) is 1. The molecule has 4 heteroatoms. The summed E-state index contributed by atoms with van der Waals surface area (Å²) in [5.74, 6) is -1.59. The fourth-order valence-corrected chi connectivity index (χ4v) is 4.02. The predicted molar refractivity (Wildman–Crippen MR) is 82.4 cm³/mol. The predicted octanol–water partition coefficient (Wildman–Crippen LogP) is 5.69. The Labute approximate surface area is 135 Å². The highest BCUT2D eigenvalue weighted by atomic mass is 19.3. The lowest BCUT2D eigenvalue weighted by Gasteiger charge is -2.37. The standard InChI is InChI=1S/C19H23F3O/c1-17(6-8-18(9-7-17)11-19(18,21)22)12-23-16-10-14(20)4-5-15(16)13-2-3-13/h4-5,10,13H,2-3,6-9,11-12H2,1H3. The lowest BCUT2D eigenvalue weighted by molar-refractivity contribution is 0.0129. The second-order valence-corrected chi connectivity index (χ2v) is 8.22. The van der Waals surface area contributed by atoms with Crippen LogP contribution in [0.4, 0.5) is 13.2 Å². The second-order valence-electron chi connectivity index (χ2n) is 8.22. The van der Waals surface area contributed by atoms with Gasteiger partial charge in [-0.2, -0.15) is 0 Å². The molecule has 0 amide bonds. The topological polar surface area (TPSA) is 9.23 Å². The van der Waals surface area contributed by atoms with Crippen molar-refractivity contribution in [1.82, 2.24) is 0 Å². The van der Waals surface area contributed by atoms with Gasteiger partial charge >= 0.3 is 0 Å². The Morgan fingerprint density at radius 1 is 1.13 bits per heavy atom. The van der Waals surface area contributed by atoms with Crippen molar-refractivity contribution in [2.75, 3.05) is 6.61 Å². The molecule has 3 aliphatic carbocycles. The number of benzene rings is 1. The van der Waals surface area contributed by atoms with E-state index in [9.17, 15) is 13.2 Å². The number of hydrogen-bond donors (Lipinski definition) is 0. The Morgan fingerprint density at radius 3 is 2.35 bits per heavy atom. The van der Waals surface area contributed by atoms with Gasteiger partial charge in [0.05, 0.1) is 6.61 Å². The molecule has 0 N–H and O–H groups in total. The maximum atomic E-state index is 13.5. The monoisotopic (exact) mass is 324 g/mol. The molecule has 0 saturated heterocycles. The Balaban J connectivity index is 1.41. The molecule has 0 bridgehead atoms. The molecule has 126 valence electrons. The molecule has 1 aromatic carbocycles. The zero-order chi connectivity index (χ0) is 16.3. The van der Waals surface area contributed by atoms with E-state index in [0.29, 0.717) is 31.1 Å². The van der Waals surface area contributed by atoms with Crippen molar-refractivity contribution in [2.45, 2.75) is 63.7 Å². The maximum Gasteiger partial charge on any atom is 0.254 e. The van der Waals surface area contributed by atoms with Crippen LogP contribution < -0.4 is 4.74 Å². The van der Waals surface area contributed by atoms with Crippen molar-refractivity contribution < 1.29 is 17.9 Å². The van der Waals surface area contributed by atoms with Gasteiger partial charge < -0.3 is 4.74 Å². The van der Waals surface area contributed by atoms with Crippen LogP contribution in [0.1, 0.15) is 63.4 Å². The van der Waals surface area contributed by atoms with Gasteiger partial charge in [-0.15, -0.1) is 0 Å². The fraction of sp³-hybridized carbons (Fsp3) is 0.684. The van der Waals surface area contributed by atoms with Gasteiger partial charge in [0, 0.05) is 23.3 Å². The molecule has 3 aliphatic rings. The van der Waals surface area contributed by atoms with Crippen molar-refractivity contribution in [3.8, 4) is 5.75 Å². The maximum absolute atomic E-state index is 13.5. The smallest absolute Gasteiger partial charge is 0.254 e. The van der Waals surface area contributed by atoms with Gasteiger partial charge in [0.25, 0.3) is 5.92 Å². The Hall–Kier alpha value is -1.19. The average Bonchev–Trinajstić information content (AvgIpc) is 3.39. The van der Waals surface area contributed by atoms with Crippen LogP contribution >= 0.6 is 0 Å². The van der Waals surface area contributed by atoms with Crippen molar-refractivity contribution in [3.63, 3.8) is 0 Å². The van der Waals surface area contributed by atoms with Gasteiger partial charge in [-0.1, -0.05) is 13.0 Å². The molecular weight excluding hydrogens is 301 g/mol. The summed E-state index contributed by atoms with van der Waals surface area (Å²) in [4.78, 5) is 0. The number of alkyl halides is 2. The summed E-state index contributed by atoms with van der Waals surface area (Å²) < 4.78 is 46.5. The van der Waals surface area contributed by atoms with Crippen LogP contribution in [0.3, 0.4) is 0 Å². The summed E-state index contributed by atoms with van der Waals surface area (Å²) in [5, 5.41) is 0. The normalized spacial score (nSPS) is 35.3. The molecule has 0 aromatic heterocycles. The van der Waals surface area contributed by atoms with E-state index in [1.807, 2.05) is 6.07 Å². The summed E-state index contributed by atoms with van der Waals surface area (Å²) in [6.45, 7) is 2.59. The molecule has 3 fully saturated rings. The molecular formula is C19H23F3O. The van der Waals surface area contributed by atoms with Crippen molar-refractivity contribution in [3.05, 3.63) is 29.6 Å². The third kappa shape index (κ3) is 2.74. The van der Waals surface area contributed by atoms with Crippen LogP contribution in [0, 0.1) is 16.6 Å². The first-order valence-corrected chi connectivity index (χ1v) is 8.63. The molecule has 1 aromatic rings. The first-order valence-electron chi connectivity index (χ1n) is 8.63. The van der Waals surface area contributed by atoms with Crippen LogP contribution in [0.2, 0.25) is 0 Å². The average molecular weight is 324 g/mol. The second kappa shape index (κ2) is 4.90. The highest BCUT2D eigenvalue weighted by molar-refractivity contribution is 5.39. The van der Waals surface area contributed by atoms with Crippen molar-refractivity contribution in [1.29, 1.82) is 0 Å². The van der Waals surface area contributed by atoms with E-state index in [-0.39, 0.29) is 17.7 Å². The van der Waals surface area contributed by atoms with Crippen molar-refractivity contribution >= 4 is 0 Å². The lowest BCUT2D eigenvalue weighted by Crippen LogP contribution is -2.33. The van der Waals surface area contributed by atoms with Crippen LogP contribution in [0.25, 0.3) is 0 Å². The third-order valence-corrected chi connectivity index (χ3v) is 6.19. The van der Waals surface area contributed by atoms with E-state index in [1.54, 1.807) is 0 Å². The van der Waals surface area contributed by atoms with Gasteiger partial charge in [0.1, 0.15) is 11.6 Å². The van der Waals surface area contributed by atoms with E-state index in [4.69, 9.17) is 4.74 Å². The molecule has 0 radical (unpaired) electrons. The highest BCUT2D eigenvalue weighted by Gasteiger charge is 2.71. The molecule has 0 atom stereocenters. The minimum atomic E-state index is -2.45. The van der Waals surface area contributed by atoms with Crippen LogP contribution in [-0.4, -0.2) is 12.5 Å². The molecule has 1 nitrogen and oxygen atoms in total. The van der Waals surface area contributed by atoms with Gasteiger partial charge in [-0.25, -0.2) is 13.2 Å². The molecule has 1 spiro atoms. The zero-order valence-corrected chi connectivity index (χ0v) is 13.5. The Bertz CT molecular complexity index is 613. The molecule has 0 unspecified atom stereocenters. The van der Waals surface area contributed by atoms with E-state index in [1.165, 1.54) is 12.1 Å². The van der Waals surface area contributed by atoms with Gasteiger partial charge in [0.2, 0.25) is 0 Å². The quantitative estimate of drug-likeness (QED) is 0.691. The van der Waals surface area contributed by atoms with Gasteiger partial charge in [0.15, 0.2) is 0 Å². The summed E-state index contributed by atoms with van der Waals surface area (Å²) in [6, 6.07) is 4.78. The van der Waals surface area contributed by atoms with Gasteiger partial charge in [-0.05, 0) is 56.1 Å². The zero-order valence-electron chi connectivity index (χ0n) is 13.5. The van der Waals surface area contributed by atoms with Crippen LogP contribution in [-0.2, 0) is 0 Å². The molecule has 4 rings (SSSR count). The van der Waals surface area contributed by atoms with E-state index < -0.39 is 11.3 Å². The Kier molecular flexibility index (Phi) is 3.27. The van der Waals surface area contributed by atoms with Crippen LogP contribution in [0.5, 0.6) is 5.75 Å². The van der Waals surface area contributed by atoms with E-state index >= 15 is 0 Å². The summed E-state index contributed by atoms with van der Waals surface area (Å²) in [5.41, 5.74) is 0.290. The Morgan fingerprint density at radius 2 is 1.78 bits per heavy atom. The minimum Gasteiger partial charge on any atom is -0.493 e. The minimum absolute atomic E-state index is 0.0622. The van der Waals surface area contributed by atoms with E-state index in [0.717, 1.165) is 31.2 Å². The number of rotatable bonds is 4. The van der Waals surface area contributed by atoms with Crippen LogP contribution in [0.15, 0.2) is 18.2 Å². The summed E-state index contributed by atoms with van der Waals surface area (Å²) in [7, 11) is 0. The molecule has 3 saturated carbocycles. The lowest BCUT2D eigenvalue weighted by atomic mass is 9.70. The summed E-state index contributed by atoms with van der Waals surface area (Å²) >= 11 is 0. The number of ether oxygens (including phenoxy) is 1. The summed E-state index contributed by atoms with van der Waals surface area (Å²) in [6.07, 6.45) is 5.02. The third-order valence-electron chi connectivity index (χ3n) is 6.19. The fourth-order valence-electron chi connectivity index (χ4n) is 4.02. The number of halogens is 3. The van der Waals surface area contributed by atoms with E-state index in [2.05, 4.69) is 6.92 Å². The SMILES string of the molecule is CC1(COc2cc(F)ccc2C2CC2)CCC2(CC1)CC2(F)F. The van der Waals surface area contributed by atoms with Gasteiger partial charge in [-0.3, -0.25) is 0 Å². The highest BCUT2D eigenvalue weighted by Crippen LogP contribution is 2.69. The molecule has 23 heavy (non-hydrogen) atoms. The molecule has 0 aliphatic heterocycles. The largest absolute Gasteiger partial charge is 0.493 e. The first kappa shape index (κ1) is 15.3.